The molecule has 2 aromatic rings. The van der Waals surface area contributed by atoms with Gasteiger partial charge in [0.25, 0.3) is 5.91 Å². The minimum atomic E-state index is -0.0127. The maximum atomic E-state index is 12.6. The third-order valence-electron chi connectivity index (χ3n) is 5.61. The van der Waals surface area contributed by atoms with Crippen LogP contribution in [0, 0.1) is 0 Å². The number of likely N-dealkylation sites (tertiary alicyclic amines) is 1. The fraction of sp³-hybridized carbons (Fsp3) is 0.579. The summed E-state index contributed by atoms with van der Waals surface area (Å²) in [7, 11) is 0. The first kappa shape index (κ1) is 17.6. The Morgan fingerprint density at radius 2 is 2.04 bits per heavy atom. The molecular weight excluding hydrogens is 350 g/mol. The van der Waals surface area contributed by atoms with Crippen molar-refractivity contribution in [3.63, 3.8) is 0 Å². The summed E-state index contributed by atoms with van der Waals surface area (Å²) in [5.74, 6) is 0.403. The van der Waals surface area contributed by atoms with Gasteiger partial charge >= 0.3 is 0 Å². The molecule has 2 aliphatic rings. The molecule has 0 spiro atoms. The summed E-state index contributed by atoms with van der Waals surface area (Å²) in [4.78, 5) is 27.0. The Labute approximate surface area is 159 Å². The Hall–Kier alpha value is -1.79. The van der Waals surface area contributed by atoms with Crippen LogP contribution >= 0.6 is 11.6 Å². The molecule has 7 heteroatoms. The van der Waals surface area contributed by atoms with E-state index >= 15 is 0 Å². The number of amides is 1. The van der Waals surface area contributed by atoms with Crippen molar-refractivity contribution < 1.29 is 4.79 Å². The van der Waals surface area contributed by atoms with Crippen LogP contribution < -0.4 is 4.90 Å². The van der Waals surface area contributed by atoms with Gasteiger partial charge in [0.05, 0.1) is 21.7 Å². The number of anilines is 1. The normalized spacial score (nSPS) is 21.7. The van der Waals surface area contributed by atoms with Crippen LogP contribution in [-0.4, -0.2) is 71.0 Å². The van der Waals surface area contributed by atoms with Gasteiger partial charge in [-0.25, -0.2) is 4.98 Å². The van der Waals surface area contributed by atoms with Gasteiger partial charge in [-0.1, -0.05) is 18.5 Å². The van der Waals surface area contributed by atoms with E-state index in [4.69, 9.17) is 11.6 Å². The number of aromatic nitrogens is 2. The minimum absolute atomic E-state index is 0.0127. The van der Waals surface area contributed by atoms with Gasteiger partial charge in [0, 0.05) is 38.8 Å². The quantitative estimate of drug-likeness (QED) is 0.896. The van der Waals surface area contributed by atoms with Gasteiger partial charge < -0.3 is 14.8 Å². The van der Waals surface area contributed by atoms with Gasteiger partial charge in [-0.3, -0.25) is 9.69 Å². The van der Waals surface area contributed by atoms with E-state index in [-0.39, 0.29) is 5.91 Å². The summed E-state index contributed by atoms with van der Waals surface area (Å²) in [6.45, 7) is 10.2. The molecule has 0 bridgehead atoms. The lowest BCUT2D eigenvalue weighted by atomic mass is 10.1. The fourth-order valence-electron chi connectivity index (χ4n) is 4.09. The molecule has 1 amide bonds. The van der Waals surface area contributed by atoms with Crippen molar-refractivity contribution in [1.29, 1.82) is 0 Å². The smallest absolute Gasteiger partial charge is 0.289 e. The lowest BCUT2D eigenvalue weighted by molar-refractivity contribution is 0.0782. The first-order chi connectivity index (χ1) is 12.6. The fourth-order valence-corrected chi connectivity index (χ4v) is 4.36. The minimum Gasteiger partial charge on any atom is -0.365 e. The maximum Gasteiger partial charge on any atom is 0.289 e. The summed E-state index contributed by atoms with van der Waals surface area (Å²) in [6.07, 6.45) is 2.15. The average Bonchev–Trinajstić information content (AvgIpc) is 3.30. The topological polar surface area (TPSA) is 55.5 Å². The molecule has 26 heavy (non-hydrogen) atoms. The number of piperazine rings is 1. The molecule has 2 aliphatic heterocycles. The van der Waals surface area contributed by atoms with E-state index in [1.807, 2.05) is 17.0 Å². The summed E-state index contributed by atoms with van der Waals surface area (Å²) >= 11 is 6.59. The number of H-pyrrole nitrogens is 1. The molecule has 1 aromatic heterocycles. The highest BCUT2D eigenvalue weighted by Gasteiger charge is 2.26. The Kier molecular flexibility index (Phi) is 4.80. The van der Waals surface area contributed by atoms with Crippen molar-refractivity contribution in [2.24, 2.45) is 0 Å². The zero-order valence-electron chi connectivity index (χ0n) is 15.5. The van der Waals surface area contributed by atoms with E-state index in [0.717, 1.165) is 68.8 Å². The van der Waals surface area contributed by atoms with Crippen molar-refractivity contribution in [3.05, 3.63) is 23.0 Å². The second-order valence-electron chi connectivity index (χ2n) is 7.34. The molecule has 1 N–H and O–H groups in total. The van der Waals surface area contributed by atoms with Crippen LogP contribution in [0.5, 0.6) is 0 Å². The van der Waals surface area contributed by atoms with Gasteiger partial charge in [0.2, 0.25) is 0 Å². The number of hydrogen-bond donors (Lipinski definition) is 1. The second-order valence-corrected chi connectivity index (χ2v) is 7.75. The van der Waals surface area contributed by atoms with Gasteiger partial charge in [0.15, 0.2) is 5.82 Å². The predicted molar refractivity (Wildman–Crippen MR) is 105 cm³/mol. The summed E-state index contributed by atoms with van der Waals surface area (Å²) in [6, 6.07) is 4.31. The monoisotopic (exact) mass is 375 g/mol. The van der Waals surface area contributed by atoms with Crippen LogP contribution in [0.3, 0.4) is 0 Å². The van der Waals surface area contributed by atoms with Crippen molar-refractivity contribution in [1.82, 2.24) is 19.8 Å². The van der Waals surface area contributed by atoms with Crippen molar-refractivity contribution >= 4 is 34.2 Å². The number of aromatic amines is 1. The number of carbonyl (C=O) groups excluding carboxylic acids is 1. The third kappa shape index (κ3) is 3.16. The van der Waals surface area contributed by atoms with Crippen molar-refractivity contribution in [3.8, 4) is 0 Å². The van der Waals surface area contributed by atoms with Crippen LogP contribution in [0.25, 0.3) is 11.0 Å². The number of rotatable bonds is 3. The van der Waals surface area contributed by atoms with E-state index in [9.17, 15) is 4.79 Å². The lowest BCUT2D eigenvalue weighted by Gasteiger charge is -2.41. The molecule has 0 aliphatic carbocycles. The van der Waals surface area contributed by atoms with E-state index in [0.29, 0.717) is 16.9 Å². The number of nitrogens with zero attached hydrogens (tertiary/aromatic N) is 4. The van der Waals surface area contributed by atoms with Gasteiger partial charge in [0.1, 0.15) is 0 Å². The molecule has 2 saturated heterocycles. The van der Waals surface area contributed by atoms with Crippen LogP contribution in [0.1, 0.15) is 37.3 Å². The number of likely N-dealkylation sites (N-methyl/N-ethyl adjacent to an activating group) is 1. The Morgan fingerprint density at radius 1 is 1.27 bits per heavy atom. The molecule has 0 radical (unpaired) electrons. The molecule has 6 nitrogen and oxygen atoms in total. The zero-order valence-corrected chi connectivity index (χ0v) is 16.2. The summed E-state index contributed by atoms with van der Waals surface area (Å²) in [5.41, 5.74) is 2.63. The largest absolute Gasteiger partial charge is 0.365 e. The van der Waals surface area contributed by atoms with E-state index in [1.165, 1.54) is 0 Å². The summed E-state index contributed by atoms with van der Waals surface area (Å²) < 4.78 is 0. The van der Waals surface area contributed by atoms with Gasteiger partial charge in [-0.15, -0.1) is 0 Å². The van der Waals surface area contributed by atoms with Crippen molar-refractivity contribution in [2.75, 3.05) is 44.2 Å². The van der Waals surface area contributed by atoms with Gasteiger partial charge in [-0.2, -0.15) is 0 Å². The van der Waals surface area contributed by atoms with E-state index < -0.39 is 0 Å². The Morgan fingerprint density at radius 3 is 2.73 bits per heavy atom. The predicted octanol–water partition coefficient (Wildman–Crippen LogP) is 2.98. The van der Waals surface area contributed by atoms with Crippen LogP contribution in [-0.2, 0) is 0 Å². The summed E-state index contributed by atoms with van der Waals surface area (Å²) in [5, 5.41) is 0.707. The molecular formula is C19H26ClN5O. The lowest BCUT2D eigenvalue weighted by Crippen LogP contribution is -2.51. The van der Waals surface area contributed by atoms with Crippen LogP contribution in [0.4, 0.5) is 5.69 Å². The molecule has 2 fully saturated rings. The Balaban J connectivity index is 1.63. The first-order valence-electron chi connectivity index (χ1n) is 9.54. The van der Waals surface area contributed by atoms with Gasteiger partial charge in [-0.05, 0) is 38.4 Å². The van der Waals surface area contributed by atoms with Crippen molar-refractivity contribution in [2.45, 2.75) is 32.7 Å². The van der Waals surface area contributed by atoms with E-state index in [1.54, 1.807) is 0 Å². The van der Waals surface area contributed by atoms with E-state index in [2.05, 4.69) is 33.6 Å². The second kappa shape index (κ2) is 7.08. The third-order valence-corrected chi connectivity index (χ3v) is 5.92. The molecule has 1 atom stereocenters. The number of carbonyl (C=O) groups is 1. The number of fused-ring (bicyclic) bond motifs is 1. The van der Waals surface area contributed by atoms with Crippen LogP contribution in [0.15, 0.2) is 12.1 Å². The molecule has 4 rings (SSSR count). The number of hydrogen-bond acceptors (Lipinski definition) is 4. The molecule has 0 saturated carbocycles. The molecule has 3 heterocycles. The average molecular weight is 376 g/mol. The molecule has 140 valence electrons. The molecule has 1 unspecified atom stereocenters. The number of nitrogens with one attached hydrogen (secondary N) is 1. The highest BCUT2D eigenvalue weighted by Crippen LogP contribution is 2.32. The number of halogens is 1. The van der Waals surface area contributed by atoms with Crippen LogP contribution in [0.2, 0.25) is 5.02 Å². The number of imidazole rings is 1. The first-order valence-corrected chi connectivity index (χ1v) is 9.92. The SMILES string of the molecule is CCN1CCN(c2cc3nc(C(=O)N4CCCC4)[nH]c3cc2Cl)C(C)C1. The highest BCUT2D eigenvalue weighted by molar-refractivity contribution is 6.34. The highest BCUT2D eigenvalue weighted by atomic mass is 35.5. The maximum absolute atomic E-state index is 12.6. The Bertz CT molecular complexity index is 814. The molecule has 1 aromatic carbocycles. The number of benzene rings is 1. The zero-order chi connectivity index (χ0) is 18.3. The standard InChI is InChI=1S/C19H26ClN5O/c1-3-23-8-9-25(13(2)12-23)17-11-16-15(10-14(17)20)21-18(22-16)19(26)24-6-4-5-7-24/h10-11,13H,3-9,12H2,1-2H3,(H,21,22).